The van der Waals surface area contributed by atoms with Crippen LogP contribution in [0.3, 0.4) is 0 Å². The number of esters is 2. The van der Waals surface area contributed by atoms with Crippen LogP contribution in [-0.4, -0.2) is 19.0 Å². The highest BCUT2D eigenvalue weighted by molar-refractivity contribution is 5.69. The minimum atomic E-state index is -0.185. The molecule has 0 saturated heterocycles. The van der Waals surface area contributed by atoms with E-state index in [1.54, 1.807) is 0 Å². The molecule has 4 heteroatoms. The summed E-state index contributed by atoms with van der Waals surface area (Å²) in [6, 6.07) is 0. The van der Waals surface area contributed by atoms with Crippen molar-refractivity contribution < 1.29 is 19.1 Å². The molecule has 0 radical (unpaired) electrons. The van der Waals surface area contributed by atoms with Crippen LogP contribution >= 0.6 is 0 Å². The second-order valence-corrected chi connectivity index (χ2v) is 11.6. The van der Waals surface area contributed by atoms with Gasteiger partial charge < -0.3 is 9.47 Å². The van der Waals surface area contributed by atoms with Crippen LogP contribution in [-0.2, 0) is 19.1 Å². The number of carbonyl (C=O) groups excluding carboxylic acids is 2. The lowest BCUT2D eigenvalue weighted by atomic mass is 9.45. The molecule has 0 bridgehead atoms. The first kappa shape index (κ1) is 22.9. The van der Waals surface area contributed by atoms with Crippen molar-refractivity contribution in [3.8, 4) is 0 Å². The fraction of sp³-hybridized carbons (Fsp3) is 0.852. The number of methoxy groups -OCH3 is 1. The lowest BCUT2D eigenvalue weighted by Crippen LogP contribution is -2.53. The van der Waals surface area contributed by atoms with Gasteiger partial charge in [-0.2, -0.15) is 0 Å². The smallest absolute Gasteiger partial charge is 0.307 e. The number of ether oxygens (including phenoxy) is 2. The molecule has 31 heavy (non-hydrogen) atoms. The summed E-state index contributed by atoms with van der Waals surface area (Å²) in [5.74, 6) is 5.08. The lowest BCUT2D eigenvalue weighted by Gasteiger charge is -2.60. The number of allylic oxidation sites excluding steroid dienone is 2. The summed E-state index contributed by atoms with van der Waals surface area (Å²) in [4.78, 5) is 23.1. The molecular weight excluding hydrogens is 388 g/mol. The summed E-state index contributed by atoms with van der Waals surface area (Å²) >= 11 is 0. The molecule has 0 amide bonds. The molecule has 1 unspecified atom stereocenters. The number of fused-ring (bicyclic) bond motifs is 5. The van der Waals surface area contributed by atoms with Gasteiger partial charge in [0.05, 0.1) is 7.11 Å². The molecule has 4 nitrogen and oxygen atoms in total. The molecule has 0 aliphatic heterocycles. The second-order valence-electron chi connectivity index (χ2n) is 11.6. The third kappa shape index (κ3) is 3.97. The van der Waals surface area contributed by atoms with Gasteiger partial charge in [-0.05, 0) is 104 Å². The van der Waals surface area contributed by atoms with Crippen LogP contribution in [0.5, 0.6) is 0 Å². The van der Waals surface area contributed by atoms with E-state index in [1.807, 2.05) is 0 Å². The van der Waals surface area contributed by atoms with Crippen LogP contribution in [0.4, 0.5) is 0 Å². The Kier molecular flexibility index (Phi) is 6.31. The number of hydrogen-bond donors (Lipinski definition) is 0. The van der Waals surface area contributed by atoms with Crippen LogP contribution in [0, 0.1) is 46.3 Å². The van der Waals surface area contributed by atoms with Crippen molar-refractivity contribution in [1.82, 2.24) is 0 Å². The van der Waals surface area contributed by atoms with Gasteiger partial charge in [0.15, 0.2) is 0 Å². The van der Waals surface area contributed by atoms with Gasteiger partial charge in [0.2, 0.25) is 0 Å². The zero-order chi connectivity index (χ0) is 22.4. The molecule has 0 spiro atoms. The fourth-order valence-electron chi connectivity index (χ4n) is 8.74. The standard InChI is InChI=1S/C27H42O4/c1-17(6-11-25(29)30-5)22-9-10-23-21-8-7-19-16-20(31-18(2)28)12-14-26(19,3)24(21)13-15-27(22,23)4/h12,17,19,21-24H,6-11,13-16H2,1-5H3/t17-,19?,21+,22-,23+,24+,26+,27-/m1/s1. The Balaban J connectivity index is 1.48. The maximum Gasteiger partial charge on any atom is 0.307 e. The molecule has 3 saturated carbocycles. The summed E-state index contributed by atoms with van der Waals surface area (Å²) in [5.41, 5.74) is 0.774. The van der Waals surface area contributed by atoms with Crippen molar-refractivity contribution in [2.75, 3.05) is 7.11 Å². The van der Waals surface area contributed by atoms with Gasteiger partial charge in [0, 0.05) is 19.8 Å². The summed E-state index contributed by atoms with van der Waals surface area (Å²) < 4.78 is 10.4. The molecule has 0 heterocycles. The van der Waals surface area contributed by atoms with Crippen LogP contribution in [0.25, 0.3) is 0 Å². The Morgan fingerprint density at radius 1 is 1.10 bits per heavy atom. The van der Waals surface area contributed by atoms with Gasteiger partial charge >= 0.3 is 11.9 Å². The molecule has 0 aromatic carbocycles. The van der Waals surface area contributed by atoms with Crippen molar-refractivity contribution in [2.45, 2.75) is 91.9 Å². The van der Waals surface area contributed by atoms with Crippen LogP contribution in [0.15, 0.2) is 11.8 Å². The Labute approximate surface area is 188 Å². The summed E-state index contributed by atoms with van der Waals surface area (Å²) in [6.07, 6.45) is 13.7. The molecule has 3 fully saturated rings. The number of carbonyl (C=O) groups is 2. The van der Waals surface area contributed by atoms with Crippen LogP contribution < -0.4 is 0 Å². The molecular formula is C27H42O4. The average Bonchev–Trinajstić information content (AvgIpc) is 3.09. The first-order valence-corrected chi connectivity index (χ1v) is 12.6. The van der Waals surface area contributed by atoms with Gasteiger partial charge in [0.1, 0.15) is 5.76 Å². The Bertz CT molecular complexity index is 742. The van der Waals surface area contributed by atoms with E-state index in [0.29, 0.717) is 29.1 Å². The Hall–Kier alpha value is -1.32. The number of rotatable bonds is 5. The summed E-state index contributed by atoms with van der Waals surface area (Å²) in [6.45, 7) is 8.99. The topological polar surface area (TPSA) is 52.6 Å². The fourth-order valence-corrected chi connectivity index (χ4v) is 8.74. The van der Waals surface area contributed by atoms with E-state index >= 15 is 0 Å². The zero-order valence-corrected chi connectivity index (χ0v) is 20.2. The Morgan fingerprint density at radius 2 is 1.84 bits per heavy atom. The van der Waals surface area contributed by atoms with E-state index < -0.39 is 0 Å². The molecule has 4 aliphatic rings. The number of hydrogen-bond acceptors (Lipinski definition) is 4. The second kappa shape index (κ2) is 8.56. The van der Waals surface area contributed by atoms with Crippen molar-refractivity contribution in [2.24, 2.45) is 46.3 Å². The molecule has 8 atom stereocenters. The van der Waals surface area contributed by atoms with Crippen molar-refractivity contribution >= 4 is 11.9 Å². The first-order chi connectivity index (χ1) is 14.7. The van der Waals surface area contributed by atoms with Crippen molar-refractivity contribution in [1.29, 1.82) is 0 Å². The molecule has 0 N–H and O–H groups in total. The summed E-state index contributed by atoms with van der Waals surface area (Å²) in [7, 11) is 1.49. The normalized spacial score (nSPS) is 42.5. The van der Waals surface area contributed by atoms with Gasteiger partial charge in [-0.15, -0.1) is 0 Å². The van der Waals surface area contributed by atoms with Gasteiger partial charge in [-0.3, -0.25) is 9.59 Å². The maximum atomic E-state index is 11.7. The minimum absolute atomic E-state index is 0.0695. The van der Waals surface area contributed by atoms with Crippen LogP contribution in [0.2, 0.25) is 0 Å². The van der Waals surface area contributed by atoms with Crippen molar-refractivity contribution in [3.63, 3.8) is 0 Å². The zero-order valence-electron chi connectivity index (χ0n) is 20.2. The highest BCUT2D eigenvalue weighted by atomic mass is 16.5. The quantitative estimate of drug-likeness (QED) is 0.481. The van der Waals surface area contributed by atoms with E-state index in [9.17, 15) is 9.59 Å². The highest BCUT2D eigenvalue weighted by Crippen LogP contribution is 2.68. The molecule has 4 rings (SSSR count). The maximum absolute atomic E-state index is 11.7. The van der Waals surface area contributed by atoms with Crippen LogP contribution in [0.1, 0.15) is 91.9 Å². The van der Waals surface area contributed by atoms with Gasteiger partial charge in [-0.1, -0.05) is 20.8 Å². The lowest BCUT2D eigenvalue weighted by molar-refractivity contribution is -0.141. The predicted molar refractivity (Wildman–Crippen MR) is 121 cm³/mol. The minimum Gasteiger partial charge on any atom is -0.469 e. The van der Waals surface area contributed by atoms with Gasteiger partial charge in [-0.25, -0.2) is 0 Å². The van der Waals surface area contributed by atoms with Gasteiger partial charge in [0.25, 0.3) is 0 Å². The third-order valence-corrected chi connectivity index (χ3v) is 10.3. The predicted octanol–water partition coefficient (Wildman–Crippen LogP) is 6.29. The van der Waals surface area contributed by atoms with E-state index in [1.165, 1.54) is 52.6 Å². The highest BCUT2D eigenvalue weighted by Gasteiger charge is 2.60. The summed E-state index contributed by atoms with van der Waals surface area (Å²) in [5, 5.41) is 0. The van der Waals surface area contributed by atoms with Crippen molar-refractivity contribution in [3.05, 3.63) is 11.8 Å². The Morgan fingerprint density at radius 3 is 2.55 bits per heavy atom. The van der Waals surface area contributed by atoms with E-state index in [0.717, 1.165) is 48.7 Å². The monoisotopic (exact) mass is 430 g/mol. The molecule has 0 aromatic rings. The first-order valence-electron chi connectivity index (χ1n) is 12.6. The molecule has 0 aromatic heterocycles. The largest absolute Gasteiger partial charge is 0.469 e. The third-order valence-electron chi connectivity index (χ3n) is 10.3. The molecule has 4 aliphatic carbocycles. The average molecular weight is 431 g/mol. The molecule has 174 valence electrons. The van der Waals surface area contributed by atoms with E-state index in [2.05, 4.69) is 26.8 Å². The SMILES string of the molecule is COC(=O)CC[C@@H](C)[C@H]1CC[C@H]2[C@@H]3CCC4CC(OC(C)=O)=CC[C@]4(C)[C@H]3CC[C@]12C. The van der Waals surface area contributed by atoms with E-state index in [4.69, 9.17) is 9.47 Å². The van der Waals surface area contributed by atoms with E-state index in [-0.39, 0.29) is 11.9 Å².